The average molecular weight is 369 g/mol. The van der Waals surface area contributed by atoms with Gasteiger partial charge in [0.2, 0.25) is 0 Å². The predicted molar refractivity (Wildman–Crippen MR) is 100 cm³/mol. The molecule has 27 heavy (non-hydrogen) atoms. The van der Waals surface area contributed by atoms with E-state index in [-0.39, 0.29) is 25.2 Å². The van der Waals surface area contributed by atoms with Crippen LogP contribution >= 0.6 is 0 Å². The van der Waals surface area contributed by atoms with E-state index in [1.54, 1.807) is 50.2 Å². The van der Waals surface area contributed by atoms with Gasteiger partial charge in [0.05, 0.1) is 11.7 Å². The molecule has 0 bridgehead atoms. The first-order valence-corrected chi connectivity index (χ1v) is 8.65. The minimum atomic E-state index is -0.543. The Bertz CT molecular complexity index is 794. The van der Waals surface area contributed by atoms with Crippen molar-refractivity contribution in [3.63, 3.8) is 0 Å². The molecular weight excluding hydrogens is 346 g/mol. The van der Waals surface area contributed by atoms with Crippen molar-refractivity contribution in [3.05, 3.63) is 70.8 Å². The molecule has 1 N–H and O–H groups in total. The van der Waals surface area contributed by atoms with Crippen molar-refractivity contribution in [1.82, 2.24) is 5.32 Å². The van der Waals surface area contributed by atoms with Crippen molar-refractivity contribution in [3.8, 4) is 0 Å². The highest BCUT2D eigenvalue weighted by atomic mass is 16.5. The van der Waals surface area contributed by atoms with E-state index in [9.17, 15) is 14.4 Å². The molecule has 2 aromatic rings. The molecular formula is C21H23NO5. The molecule has 6 heteroatoms. The SMILES string of the molecule is Cc1ccc(C(=O)NCC(=O)OCc2ccc(C(=O)OC(C)C)cc2)cc1. The lowest BCUT2D eigenvalue weighted by Crippen LogP contribution is -2.30. The zero-order valence-electron chi connectivity index (χ0n) is 15.7. The maximum atomic E-state index is 11.9. The van der Waals surface area contributed by atoms with E-state index < -0.39 is 11.9 Å². The molecule has 0 aromatic heterocycles. The van der Waals surface area contributed by atoms with Crippen molar-refractivity contribution in [1.29, 1.82) is 0 Å². The summed E-state index contributed by atoms with van der Waals surface area (Å²) in [7, 11) is 0. The van der Waals surface area contributed by atoms with E-state index in [0.717, 1.165) is 11.1 Å². The van der Waals surface area contributed by atoms with E-state index in [2.05, 4.69) is 5.32 Å². The van der Waals surface area contributed by atoms with Gasteiger partial charge in [0.15, 0.2) is 0 Å². The maximum absolute atomic E-state index is 11.9. The van der Waals surface area contributed by atoms with Crippen molar-refractivity contribution in [2.75, 3.05) is 6.54 Å². The number of hydrogen-bond donors (Lipinski definition) is 1. The van der Waals surface area contributed by atoms with Crippen molar-refractivity contribution in [2.24, 2.45) is 0 Å². The van der Waals surface area contributed by atoms with Crippen LogP contribution < -0.4 is 5.32 Å². The second-order valence-electron chi connectivity index (χ2n) is 6.36. The van der Waals surface area contributed by atoms with E-state index >= 15 is 0 Å². The number of carbonyl (C=O) groups excluding carboxylic acids is 3. The molecule has 0 aliphatic carbocycles. The van der Waals surface area contributed by atoms with Gasteiger partial charge in [-0.3, -0.25) is 9.59 Å². The summed E-state index contributed by atoms with van der Waals surface area (Å²) in [6, 6.07) is 13.7. The van der Waals surface area contributed by atoms with Gasteiger partial charge in [0.1, 0.15) is 13.2 Å². The van der Waals surface area contributed by atoms with Crippen LogP contribution in [0, 0.1) is 6.92 Å². The van der Waals surface area contributed by atoms with Crippen LogP contribution in [0.3, 0.4) is 0 Å². The molecule has 6 nitrogen and oxygen atoms in total. The quantitative estimate of drug-likeness (QED) is 0.759. The van der Waals surface area contributed by atoms with Crippen LogP contribution in [0.1, 0.15) is 45.7 Å². The van der Waals surface area contributed by atoms with Crippen LogP contribution in [0.5, 0.6) is 0 Å². The highest BCUT2D eigenvalue weighted by Gasteiger charge is 2.11. The Morgan fingerprint density at radius 3 is 2.11 bits per heavy atom. The van der Waals surface area contributed by atoms with E-state index in [1.807, 2.05) is 19.1 Å². The molecule has 0 aliphatic heterocycles. The third-order valence-electron chi connectivity index (χ3n) is 3.64. The zero-order valence-corrected chi connectivity index (χ0v) is 15.7. The summed E-state index contributed by atoms with van der Waals surface area (Å²) in [5.74, 6) is -1.27. The summed E-state index contributed by atoms with van der Waals surface area (Å²) < 4.78 is 10.2. The van der Waals surface area contributed by atoms with Crippen molar-refractivity contribution >= 4 is 17.8 Å². The summed E-state index contributed by atoms with van der Waals surface area (Å²) in [5.41, 5.74) is 2.70. The summed E-state index contributed by atoms with van der Waals surface area (Å²) in [5, 5.41) is 2.52. The highest BCUT2D eigenvalue weighted by molar-refractivity contribution is 5.95. The summed E-state index contributed by atoms with van der Waals surface area (Å²) in [6.07, 6.45) is -0.187. The fourth-order valence-corrected chi connectivity index (χ4v) is 2.19. The molecule has 0 saturated carbocycles. The zero-order chi connectivity index (χ0) is 19.8. The number of rotatable bonds is 7. The van der Waals surface area contributed by atoms with E-state index in [0.29, 0.717) is 11.1 Å². The molecule has 1 amide bonds. The Morgan fingerprint density at radius 1 is 0.926 bits per heavy atom. The predicted octanol–water partition coefficient (Wildman–Crippen LogP) is 3.03. The monoisotopic (exact) mass is 369 g/mol. The van der Waals surface area contributed by atoms with E-state index in [1.165, 1.54) is 0 Å². The molecule has 0 saturated heterocycles. The molecule has 142 valence electrons. The molecule has 0 radical (unpaired) electrons. The van der Waals surface area contributed by atoms with Gasteiger partial charge in [-0.2, -0.15) is 0 Å². The molecule has 0 fully saturated rings. The topological polar surface area (TPSA) is 81.7 Å². The number of hydrogen-bond acceptors (Lipinski definition) is 5. The van der Waals surface area contributed by atoms with Crippen LogP contribution in [0.4, 0.5) is 0 Å². The van der Waals surface area contributed by atoms with Crippen LogP contribution in [0.15, 0.2) is 48.5 Å². The molecule has 2 aromatic carbocycles. The number of benzene rings is 2. The fraction of sp³-hybridized carbons (Fsp3) is 0.286. The Morgan fingerprint density at radius 2 is 1.52 bits per heavy atom. The van der Waals surface area contributed by atoms with Crippen LogP contribution in [0.2, 0.25) is 0 Å². The first-order valence-electron chi connectivity index (χ1n) is 8.65. The lowest BCUT2D eigenvalue weighted by Gasteiger charge is -2.09. The Hall–Kier alpha value is -3.15. The largest absolute Gasteiger partial charge is 0.460 e. The number of ether oxygens (including phenoxy) is 2. The van der Waals surface area contributed by atoms with E-state index in [4.69, 9.17) is 9.47 Å². The molecule has 0 aliphatic rings. The van der Waals surface area contributed by atoms with Crippen molar-refractivity contribution < 1.29 is 23.9 Å². The second kappa shape index (κ2) is 9.52. The summed E-state index contributed by atoms with van der Waals surface area (Å²) in [4.78, 5) is 35.5. The van der Waals surface area contributed by atoms with Gasteiger partial charge in [-0.25, -0.2) is 4.79 Å². The van der Waals surface area contributed by atoms with Gasteiger partial charge < -0.3 is 14.8 Å². The van der Waals surface area contributed by atoms with Gasteiger partial charge in [0.25, 0.3) is 5.91 Å². The van der Waals surface area contributed by atoms with Crippen LogP contribution in [-0.2, 0) is 20.9 Å². The molecule has 0 heterocycles. The fourth-order valence-electron chi connectivity index (χ4n) is 2.19. The van der Waals surface area contributed by atoms with Crippen LogP contribution in [-0.4, -0.2) is 30.5 Å². The smallest absolute Gasteiger partial charge is 0.338 e. The number of esters is 2. The number of aryl methyl sites for hydroxylation is 1. The lowest BCUT2D eigenvalue weighted by molar-refractivity contribution is -0.143. The van der Waals surface area contributed by atoms with Gasteiger partial charge in [-0.15, -0.1) is 0 Å². The highest BCUT2D eigenvalue weighted by Crippen LogP contribution is 2.09. The third kappa shape index (κ3) is 6.58. The van der Waals surface area contributed by atoms with Gasteiger partial charge >= 0.3 is 11.9 Å². The molecule has 0 unspecified atom stereocenters. The second-order valence-corrected chi connectivity index (χ2v) is 6.36. The molecule has 2 rings (SSSR count). The van der Waals surface area contributed by atoms with Gasteiger partial charge in [-0.1, -0.05) is 29.8 Å². The first-order chi connectivity index (χ1) is 12.8. The van der Waals surface area contributed by atoms with Crippen molar-refractivity contribution in [2.45, 2.75) is 33.5 Å². The minimum Gasteiger partial charge on any atom is -0.460 e. The third-order valence-corrected chi connectivity index (χ3v) is 3.64. The van der Waals surface area contributed by atoms with Gasteiger partial charge in [0, 0.05) is 5.56 Å². The average Bonchev–Trinajstić information content (AvgIpc) is 2.65. The summed E-state index contributed by atoms with van der Waals surface area (Å²) in [6.45, 7) is 5.33. The van der Waals surface area contributed by atoms with Crippen LogP contribution in [0.25, 0.3) is 0 Å². The number of amides is 1. The molecule has 0 spiro atoms. The summed E-state index contributed by atoms with van der Waals surface area (Å²) >= 11 is 0. The minimum absolute atomic E-state index is 0.0543. The van der Waals surface area contributed by atoms with Gasteiger partial charge in [-0.05, 0) is 50.6 Å². The number of nitrogens with one attached hydrogen (secondary N) is 1. The lowest BCUT2D eigenvalue weighted by atomic mass is 10.1. The normalized spacial score (nSPS) is 10.4. The number of carbonyl (C=O) groups is 3. The standard InChI is InChI=1S/C21H23NO5/c1-14(2)27-21(25)18-10-6-16(7-11-18)13-26-19(23)12-22-20(24)17-8-4-15(3)5-9-17/h4-11,14H,12-13H2,1-3H3,(H,22,24). The first kappa shape index (κ1) is 20.2. The Kier molecular flexibility index (Phi) is 7.11. The molecule has 0 atom stereocenters. The maximum Gasteiger partial charge on any atom is 0.338 e. The Balaban J connectivity index is 1.77. The Labute approximate surface area is 158 Å².